The fraction of sp³-hybridized carbons (Fsp3) is 0.462. The molecule has 1 amide bonds. The van der Waals surface area contributed by atoms with Crippen molar-refractivity contribution in [1.82, 2.24) is 10.2 Å². The number of methoxy groups -OCH3 is 1. The van der Waals surface area contributed by atoms with Crippen molar-refractivity contribution in [2.24, 2.45) is 0 Å². The highest BCUT2D eigenvalue weighted by Crippen LogP contribution is 2.31. The van der Waals surface area contributed by atoms with Gasteiger partial charge in [0.2, 0.25) is 0 Å². The van der Waals surface area contributed by atoms with E-state index in [1.165, 1.54) is 36.3 Å². The molecule has 1 aromatic carbocycles. The summed E-state index contributed by atoms with van der Waals surface area (Å²) in [6.07, 6.45) is 0. The standard InChI is InChI=1S/C13H16F2N2O2/c1-19-11-4-2-10(3-5-11)13(14,15)12(18)17-8-6-16-7-9-17/h2-5,16H,6-9H2,1H3. The SMILES string of the molecule is COc1ccc(C(F)(F)C(=O)N2CCNCC2)cc1. The molecule has 104 valence electrons. The Bertz CT molecular complexity index is 442. The lowest BCUT2D eigenvalue weighted by molar-refractivity contribution is -0.159. The van der Waals surface area contributed by atoms with Crippen LogP contribution >= 0.6 is 0 Å². The molecule has 1 saturated heterocycles. The van der Waals surface area contributed by atoms with Crippen molar-refractivity contribution < 1.29 is 18.3 Å². The predicted octanol–water partition coefficient (Wildman–Crippen LogP) is 1.22. The van der Waals surface area contributed by atoms with E-state index < -0.39 is 11.8 Å². The Morgan fingerprint density at radius 3 is 2.37 bits per heavy atom. The highest BCUT2D eigenvalue weighted by Gasteiger charge is 2.44. The van der Waals surface area contributed by atoms with Gasteiger partial charge in [0.25, 0.3) is 5.91 Å². The summed E-state index contributed by atoms with van der Waals surface area (Å²) < 4.78 is 33.1. The van der Waals surface area contributed by atoms with Gasteiger partial charge in [-0.05, 0) is 24.3 Å². The molecule has 2 rings (SSSR count). The van der Waals surface area contributed by atoms with Gasteiger partial charge in [0.1, 0.15) is 5.75 Å². The average molecular weight is 270 g/mol. The van der Waals surface area contributed by atoms with E-state index in [1.807, 2.05) is 0 Å². The molecule has 0 aromatic heterocycles. The van der Waals surface area contributed by atoms with E-state index in [0.717, 1.165) is 0 Å². The fourth-order valence-electron chi connectivity index (χ4n) is 1.99. The number of benzene rings is 1. The molecule has 1 N–H and O–H groups in total. The average Bonchev–Trinajstić information content (AvgIpc) is 2.47. The maximum atomic E-state index is 14.1. The topological polar surface area (TPSA) is 41.6 Å². The third-order valence-electron chi connectivity index (χ3n) is 3.13. The normalized spacial score (nSPS) is 16.3. The molecule has 0 bridgehead atoms. The van der Waals surface area contributed by atoms with E-state index in [4.69, 9.17) is 4.74 Å². The van der Waals surface area contributed by atoms with Gasteiger partial charge in [-0.2, -0.15) is 8.78 Å². The number of rotatable bonds is 3. The number of nitrogens with zero attached hydrogens (tertiary/aromatic N) is 1. The van der Waals surface area contributed by atoms with Gasteiger partial charge in [-0.25, -0.2) is 0 Å². The number of alkyl halides is 2. The number of amides is 1. The Balaban J connectivity index is 2.17. The first kappa shape index (κ1) is 13.7. The molecule has 1 heterocycles. The zero-order valence-electron chi connectivity index (χ0n) is 10.7. The van der Waals surface area contributed by atoms with Crippen LogP contribution in [0.4, 0.5) is 8.78 Å². The van der Waals surface area contributed by atoms with Gasteiger partial charge in [-0.1, -0.05) is 0 Å². The van der Waals surface area contributed by atoms with E-state index in [-0.39, 0.29) is 5.56 Å². The van der Waals surface area contributed by atoms with Crippen molar-refractivity contribution in [1.29, 1.82) is 0 Å². The van der Waals surface area contributed by atoms with Crippen LogP contribution in [0.1, 0.15) is 5.56 Å². The van der Waals surface area contributed by atoms with Crippen molar-refractivity contribution >= 4 is 5.91 Å². The molecule has 1 aliphatic heterocycles. The van der Waals surface area contributed by atoms with Gasteiger partial charge in [0.05, 0.1) is 7.11 Å². The van der Waals surface area contributed by atoms with Crippen LogP contribution in [0.5, 0.6) is 5.75 Å². The molecular weight excluding hydrogens is 254 g/mol. The minimum absolute atomic E-state index is 0.308. The number of hydrogen-bond acceptors (Lipinski definition) is 3. The first-order chi connectivity index (χ1) is 9.05. The fourth-order valence-corrected chi connectivity index (χ4v) is 1.99. The molecule has 1 fully saturated rings. The molecule has 6 heteroatoms. The second-order valence-electron chi connectivity index (χ2n) is 4.35. The number of hydrogen-bond donors (Lipinski definition) is 1. The van der Waals surface area contributed by atoms with E-state index in [9.17, 15) is 13.6 Å². The van der Waals surface area contributed by atoms with Crippen LogP contribution in [-0.2, 0) is 10.7 Å². The monoisotopic (exact) mass is 270 g/mol. The summed E-state index contributed by atoms with van der Waals surface area (Å²) in [5, 5.41) is 3.02. The zero-order valence-corrected chi connectivity index (χ0v) is 10.7. The number of ether oxygens (including phenoxy) is 1. The Morgan fingerprint density at radius 1 is 1.26 bits per heavy atom. The third kappa shape index (κ3) is 2.84. The molecule has 0 atom stereocenters. The van der Waals surface area contributed by atoms with E-state index in [2.05, 4.69) is 5.32 Å². The first-order valence-corrected chi connectivity index (χ1v) is 6.08. The van der Waals surface area contributed by atoms with Gasteiger partial charge in [0, 0.05) is 31.7 Å². The zero-order chi connectivity index (χ0) is 13.9. The number of carbonyl (C=O) groups is 1. The Morgan fingerprint density at radius 2 is 1.84 bits per heavy atom. The Kier molecular flexibility index (Phi) is 3.99. The van der Waals surface area contributed by atoms with Gasteiger partial charge in [-0.3, -0.25) is 4.79 Å². The van der Waals surface area contributed by atoms with Crippen LogP contribution in [0, 0.1) is 0 Å². The second kappa shape index (κ2) is 5.52. The lowest BCUT2D eigenvalue weighted by Crippen LogP contribution is -2.51. The largest absolute Gasteiger partial charge is 0.497 e. The summed E-state index contributed by atoms with van der Waals surface area (Å²) in [4.78, 5) is 13.1. The quantitative estimate of drug-likeness (QED) is 0.898. The summed E-state index contributed by atoms with van der Waals surface area (Å²) in [7, 11) is 1.46. The summed E-state index contributed by atoms with van der Waals surface area (Å²) in [5.41, 5.74) is -0.308. The molecule has 1 aliphatic rings. The minimum atomic E-state index is -3.50. The number of nitrogens with one attached hydrogen (secondary N) is 1. The summed E-state index contributed by atoms with van der Waals surface area (Å²) in [5.74, 6) is -4.16. The van der Waals surface area contributed by atoms with Gasteiger partial charge in [-0.15, -0.1) is 0 Å². The molecule has 0 aliphatic carbocycles. The Labute approximate surface area is 110 Å². The highest BCUT2D eigenvalue weighted by atomic mass is 19.3. The highest BCUT2D eigenvalue weighted by molar-refractivity contribution is 5.85. The van der Waals surface area contributed by atoms with Crippen molar-refractivity contribution in [3.63, 3.8) is 0 Å². The van der Waals surface area contributed by atoms with Crippen molar-refractivity contribution in [3.8, 4) is 5.75 Å². The van der Waals surface area contributed by atoms with E-state index in [0.29, 0.717) is 31.9 Å². The van der Waals surface area contributed by atoms with Crippen LogP contribution in [0.3, 0.4) is 0 Å². The molecule has 1 aromatic rings. The number of halogens is 2. The van der Waals surface area contributed by atoms with Crippen LogP contribution in [-0.4, -0.2) is 44.1 Å². The van der Waals surface area contributed by atoms with Gasteiger partial charge >= 0.3 is 5.92 Å². The number of carbonyl (C=O) groups excluding carboxylic acids is 1. The minimum Gasteiger partial charge on any atom is -0.497 e. The summed E-state index contributed by atoms with van der Waals surface area (Å²) >= 11 is 0. The summed E-state index contributed by atoms with van der Waals surface area (Å²) in [6.45, 7) is 1.71. The van der Waals surface area contributed by atoms with Crippen LogP contribution in [0.25, 0.3) is 0 Å². The first-order valence-electron chi connectivity index (χ1n) is 6.08. The second-order valence-corrected chi connectivity index (χ2v) is 4.35. The van der Waals surface area contributed by atoms with Crippen LogP contribution < -0.4 is 10.1 Å². The van der Waals surface area contributed by atoms with E-state index in [1.54, 1.807) is 0 Å². The summed E-state index contributed by atoms with van der Waals surface area (Å²) in [6, 6.07) is 5.29. The lowest BCUT2D eigenvalue weighted by atomic mass is 10.1. The molecular formula is C13H16F2N2O2. The number of piperazine rings is 1. The maximum Gasteiger partial charge on any atom is 0.349 e. The molecule has 19 heavy (non-hydrogen) atoms. The predicted molar refractivity (Wildman–Crippen MR) is 66.3 cm³/mol. The van der Waals surface area contributed by atoms with Crippen LogP contribution in [0.15, 0.2) is 24.3 Å². The third-order valence-corrected chi connectivity index (χ3v) is 3.13. The van der Waals surface area contributed by atoms with Crippen LogP contribution in [0.2, 0.25) is 0 Å². The Hall–Kier alpha value is -1.69. The molecule has 0 unspecified atom stereocenters. The lowest BCUT2D eigenvalue weighted by Gasteiger charge is -2.30. The molecule has 4 nitrogen and oxygen atoms in total. The van der Waals surface area contributed by atoms with Crippen molar-refractivity contribution in [2.75, 3.05) is 33.3 Å². The maximum absolute atomic E-state index is 14.1. The van der Waals surface area contributed by atoms with Gasteiger partial charge < -0.3 is 15.0 Å². The van der Waals surface area contributed by atoms with E-state index >= 15 is 0 Å². The molecule has 0 saturated carbocycles. The molecule has 0 radical (unpaired) electrons. The van der Waals surface area contributed by atoms with Crippen molar-refractivity contribution in [2.45, 2.75) is 5.92 Å². The van der Waals surface area contributed by atoms with Crippen molar-refractivity contribution in [3.05, 3.63) is 29.8 Å². The smallest absolute Gasteiger partial charge is 0.349 e. The van der Waals surface area contributed by atoms with Gasteiger partial charge in [0.15, 0.2) is 0 Å². The molecule has 0 spiro atoms.